The van der Waals surface area contributed by atoms with E-state index in [1.807, 2.05) is 6.26 Å². The van der Waals surface area contributed by atoms with Crippen molar-refractivity contribution < 1.29 is 14.2 Å². The minimum absolute atomic E-state index is 0.351. The van der Waals surface area contributed by atoms with Crippen LogP contribution in [-0.2, 0) is 11.2 Å². The Bertz CT molecular complexity index is 606. The quantitative estimate of drug-likeness (QED) is 0.807. The number of hydrogen-bond acceptors (Lipinski definition) is 5. The van der Waals surface area contributed by atoms with Crippen LogP contribution in [0.1, 0.15) is 24.2 Å². The van der Waals surface area contributed by atoms with E-state index in [1.165, 1.54) is 16.8 Å². The molecule has 0 radical (unpaired) electrons. The van der Waals surface area contributed by atoms with Crippen LogP contribution >= 0.6 is 11.8 Å². The van der Waals surface area contributed by atoms with E-state index in [4.69, 9.17) is 4.74 Å². The molecule has 1 unspecified atom stereocenters. The molecule has 0 aliphatic carbocycles. The van der Waals surface area contributed by atoms with Gasteiger partial charge in [0.25, 0.3) is 0 Å². The largest absolute Gasteiger partial charge is 0.385 e. The molecule has 120 valence electrons. The molecular formula is C15H20FN3O2S. The first-order chi connectivity index (χ1) is 10.7. The van der Waals surface area contributed by atoms with Gasteiger partial charge in [0.15, 0.2) is 11.6 Å². The lowest BCUT2D eigenvalue weighted by atomic mass is 10.2. The highest BCUT2D eigenvalue weighted by Gasteiger charge is 2.19. The van der Waals surface area contributed by atoms with Gasteiger partial charge in [-0.05, 0) is 36.6 Å². The lowest BCUT2D eigenvalue weighted by Gasteiger charge is -2.11. The van der Waals surface area contributed by atoms with E-state index in [-0.39, 0.29) is 5.82 Å². The Kier molecular flexibility index (Phi) is 6.35. The molecule has 0 aliphatic heterocycles. The van der Waals surface area contributed by atoms with Crippen LogP contribution < -0.4 is 0 Å². The minimum atomic E-state index is -0.737. The lowest BCUT2D eigenvalue weighted by molar-refractivity contribution is 0.162. The normalized spacial score (nSPS) is 12.5. The van der Waals surface area contributed by atoms with Crippen molar-refractivity contribution in [2.75, 3.05) is 25.7 Å². The number of aromatic nitrogens is 3. The number of methoxy groups -OCH3 is 1. The van der Waals surface area contributed by atoms with E-state index in [0.29, 0.717) is 36.8 Å². The molecule has 1 atom stereocenters. The Labute approximate surface area is 133 Å². The summed E-state index contributed by atoms with van der Waals surface area (Å²) in [5.41, 5.74) is 0.550. The lowest BCUT2D eigenvalue weighted by Crippen LogP contribution is -2.09. The standard InChI is InChI=1S/C15H20FN3O2S/c1-21-8-6-14-17-15(13(20)7-9-22-2)19(18-14)12-5-3-4-11(16)10-12/h3-5,10,13,20H,6-9H2,1-2H3. The van der Waals surface area contributed by atoms with E-state index in [9.17, 15) is 9.50 Å². The second kappa shape index (κ2) is 8.26. The van der Waals surface area contributed by atoms with Gasteiger partial charge in [0.1, 0.15) is 11.9 Å². The van der Waals surface area contributed by atoms with Gasteiger partial charge in [-0.2, -0.15) is 16.9 Å². The number of nitrogens with zero attached hydrogens (tertiary/aromatic N) is 3. The Hall–Kier alpha value is -1.44. The summed E-state index contributed by atoms with van der Waals surface area (Å²) in [5.74, 6) is 1.47. The Morgan fingerprint density at radius 1 is 1.45 bits per heavy atom. The maximum absolute atomic E-state index is 13.5. The monoisotopic (exact) mass is 325 g/mol. The first kappa shape index (κ1) is 16.9. The predicted molar refractivity (Wildman–Crippen MR) is 84.9 cm³/mol. The summed E-state index contributed by atoms with van der Waals surface area (Å²) in [7, 11) is 1.61. The van der Waals surface area contributed by atoms with E-state index in [2.05, 4.69) is 10.1 Å². The molecule has 2 aromatic rings. The Morgan fingerprint density at radius 2 is 2.27 bits per heavy atom. The number of aliphatic hydroxyl groups excluding tert-OH is 1. The molecule has 0 saturated heterocycles. The molecule has 5 nitrogen and oxygen atoms in total. The number of hydrogen-bond donors (Lipinski definition) is 1. The second-order valence-corrected chi connectivity index (χ2v) is 5.80. The van der Waals surface area contributed by atoms with Crippen LogP contribution in [0, 0.1) is 5.82 Å². The molecule has 0 bridgehead atoms. The van der Waals surface area contributed by atoms with Crippen LogP contribution in [0.15, 0.2) is 24.3 Å². The van der Waals surface area contributed by atoms with Crippen molar-refractivity contribution in [1.82, 2.24) is 14.8 Å². The summed E-state index contributed by atoms with van der Waals surface area (Å²) in [6.07, 6.45) is 2.35. The summed E-state index contributed by atoms with van der Waals surface area (Å²) in [4.78, 5) is 4.40. The number of halogens is 1. The smallest absolute Gasteiger partial charge is 0.161 e. The number of ether oxygens (including phenoxy) is 1. The predicted octanol–water partition coefficient (Wildman–Crippen LogP) is 2.38. The molecule has 2 rings (SSSR count). The van der Waals surface area contributed by atoms with Crippen LogP contribution in [-0.4, -0.2) is 45.6 Å². The van der Waals surface area contributed by atoms with E-state index < -0.39 is 6.10 Å². The van der Waals surface area contributed by atoms with E-state index in [0.717, 1.165) is 5.75 Å². The SMILES string of the molecule is COCCc1nc(C(O)CCSC)n(-c2cccc(F)c2)n1. The highest BCUT2D eigenvalue weighted by atomic mass is 32.2. The minimum Gasteiger partial charge on any atom is -0.385 e. The highest BCUT2D eigenvalue weighted by Crippen LogP contribution is 2.21. The molecule has 0 spiro atoms. The third-order valence-electron chi connectivity index (χ3n) is 3.15. The summed E-state index contributed by atoms with van der Waals surface area (Å²) < 4.78 is 20.0. The zero-order valence-corrected chi connectivity index (χ0v) is 13.5. The van der Waals surface area contributed by atoms with Gasteiger partial charge in [0, 0.05) is 13.5 Å². The average Bonchev–Trinajstić information content (AvgIpc) is 2.95. The van der Waals surface area contributed by atoms with Crippen LogP contribution in [0.3, 0.4) is 0 Å². The van der Waals surface area contributed by atoms with Gasteiger partial charge in [-0.25, -0.2) is 14.1 Å². The van der Waals surface area contributed by atoms with Gasteiger partial charge in [0.05, 0.1) is 12.3 Å². The summed E-state index contributed by atoms with van der Waals surface area (Å²) >= 11 is 1.65. The first-order valence-electron chi connectivity index (χ1n) is 7.03. The van der Waals surface area contributed by atoms with Gasteiger partial charge in [-0.1, -0.05) is 6.07 Å². The summed E-state index contributed by atoms with van der Waals surface area (Å²) in [6.45, 7) is 0.494. The number of thioether (sulfide) groups is 1. The molecule has 7 heteroatoms. The van der Waals surface area contributed by atoms with Crippen LogP contribution in [0.5, 0.6) is 0 Å². The number of rotatable bonds is 8. The van der Waals surface area contributed by atoms with Crippen molar-refractivity contribution in [3.63, 3.8) is 0 Å². The number of aliphatic hydroxyl groups is 1. The highest BCUT2D eigenvalue weighted by molar-refractivity contribution is 7.98. The molecule has 0 amide bonds. The maximum Gasteiger partial charge on any atom is 0.161 e. The topological polar surface area (TPSA) is 60.2 Å². The Balaban J connectivity index is 2.34. The van der Waals surface area contributed by atoms with Crippen molar-refractivity contribution in [3.05, 3.63) is 41.7 Å². The molecule has 22 heavy (non-hydrogen) atoms. The number of benzene rings is 1. The van der Waals surface area contributed by atoms with Crippen LogP contribution in [0.4, 0.5) is 4.39 Å². The van der Waals surface area contributed by atoms with Crippen molar-refractivity contribution >= 4 is 11.8 Å². The van der Waals surface area contributed by atoms with Crippen LogP contribution in [0.25, 0.3) is 5.69 Å². The summed E-state index contributed by atoms with van der Waals surface area (Å²) in [6, 6.07) is 6.09. The third-order valence-corrected chi connectivity index (χ3v) is 3.80. The van der Waals surface area contributed by atoms with E-state index in [1.54, 1.807) is 31.0 Å². The van der Waals surface area contributed by atoms with Crippen LogP contribution in [0.2, 0.25) is 0 Å². The molecular weight excluding hydrogens is 305 g/mol. The van der Waals surface area contributed by atoms with Crippen molar-refractivity contribution in [1.29, 1.82) is 0 Å². The molecule has 1 aromatic heterocycles. The molecule has 0 fully saturated rings. The van der Waals surface area contributed by atoms with Crippen molar-refractivity contribution in [2.24, 2.45) is 0 Å². The fraction of sp³-hybridized carbons (Fsp3) is 0.467. The van der Waals surface area contributed by atoms with Gasteiger partial charge in [-0.15, -0.1) is 0 Å². The summed E-state index contributed by atoms with van der Waals surface area (Å²) in [5, 5.41) is 14.7. The molecule has 1 heterocycles. The van der Waals surface area contributed by atoms with E-state index >= 15 is 0 Å². The fourth-order valence-corrected chi connectivity index (χ4v) is 2.50. The average molecular weight is 325 g/mol. The van der Waals surface area contributed by atoms with Crippen molar-refractivity contribution in [3.8, 4) is 5.69 Å². The Morgan fingerprint density at radius 3 is 2.95 bits per heavy atom. The third kappa shape index (κ3) is 4.28. The van der Waals surface area contributed by atoms with Gasteiger partial charge >= 0.3 is 0 Å². The maximum atomic E-state index is 13.5. The molecule has 1 N–H and O–H groups in total. The first-order valence-corrected chi connectivity index (χ1v) is 8.42. The molecule has 0 aliphatic rings. The molecule has 1 aromatic carbocycles. The van der Waals surface area contributed by atoms with Gasteiger partial charge in [0.2, 0.25) is 0 Å². The fourth-order valence-electron chi connectivity index (χ4n) is 2.04. The van der Waals surface area contributed by atoms with Crippen molar-refractivity contribution in [2.45, 2.75) is 18.9 Å². The zero-order chi connectivity index (χ0) is 15.9. The molecule has 0 saturated carbocycles. The second-order valence-electron chi connectivity index (χ2n) is 4.82. The van der Waals surface area contributed by atoms with Gasteiger partial charge < -0.3 is 9.84 Å². The van der Waals surface area contributed by atoms with Gasteiger partial charge in [-0.3, -0.25) is 0 Å². The zero-order valence-electron chi connectivity index (χ0n) is 12.7.